The predicted octanol–water partition coefficient (Wildman–Crippen LogP) is 3.80. The molecular weight excluding hydrogens is 276 g/mol. The number of pyridine rings is 1. The molecule has 0 unspecified atom stereocenters. The summed E-state index contributed by atoms with van der Waals surface area (Å²) in [7, 11) is 0. The van der Waals surface area contributed by atoms with Gasteiger partial charge in [0.25, 0.3) is 0 Å². The zero-order valence-corrected chi connectivity index (χ0v) is 14.8. The van der Waals surface area contributed by atoms with E-state index in [4.69, 9.17) is 9.47 Å². The molecule has 0 atom stereocenters. The Labute approximate surface area is 134 Å². The van der Waals surface area contributed by atoms with Crippen LogP contribution in [0.3, 0.4) is 0 Å². The largest absolute Gasteiger partial charge is 0.493 e. The van der Waals surface area contributed by atoms with E-state index < -0.39 is 0 Å². The molecule has 1 saturated carbocycles. The highest BCUT2D eigenvalue weighted by Crippen LogP contribution is 2.28. The van der Waals surface area contributed by atoms with E-state index in [-0.39, 0.29) is 17.1 Å². The number of nitrogens with one attached hydrogen (secondary N) is 1. The molecule has 1 N–H and O–H groups in total. The molecule has 0 amide bonds. The molecule has 1 heterocycles. The normalized spacial score (nSPS) is 22.1. The molecule has 0 aliphatic heterocycles. The van der Waals surface area contributed by atoms with E-state index in [2.05, 4.69) is 51.8 Å². The summed E-state index contributed by atoms with van der Waals surface area (Å²) < 4.78 is 11.7. The number of hydrogen-bond acceptors (Lipinski definition) is 4. The van der Waals surface area contributed by atoms with Gasteiger partial charge in [-0.05, 0) is 45.1 Å². The Kier molecular flexibility index (Phi) is 5.00. The van der Waals surface area contributed by atoms with Gasteiger partial charge in [0.2, 0.25) is 5.88 Å². The van der Waals surface area contributed by atoms with Gasteiger partial charge in [0.15, 0.2) is 0 Å². The van der Waals surface area contributed by atoms with E-state index in [1.807, 2.05) is 12.1 Å². The fourth-order valence-corrected chi connectivity index (χ4v) is 2.41. The summed E-state index contributed by atoms with van der Waals surface area (Å²) >= 11 is 0. The quantitative estimate of drug-likeness (QED) is 0.898. The third kappa shape index (κ3) is 5.84. The van der Waals surface area contributed by atoms with Crippen molar-refractivity contribution < 1.29 is 9.47 Å². The number of hydrogen-bond donors (Lipinski definition) is 1. The van der Waals surface area contributed by atoms with Crippen molar-refractivity contribution in [2.45, 2.75) is 72.1 Å². The molecule has 1 fully saturated rings. The molecule has 1 aliphatic carbocycles. The Bertz CT molecular complexity index is 483. The highest BCUT2D eigenvalue weighted by molar-refractivity contribution is 5.26. The fourth-order valence-electron chi connectivity index (χ4n) is 2.41. The van der Waals surface area contributed by atoms with Crippen molar-refractivity contribution in [3.8, 4) is 11.6 Å². The van der Waals surface area contributed by atoms with Crippen molar-refractivity contribution in [3.63, 3.8) is 0 Å². The van der Waals surface area contributed by atoms with Crippen molar-refractivity contribution in [1.29, 1.82) is 0 Å². The fraction of sp³-hybridized carbons (Fsp3) is 0.722. The summed E-state index contributed by atoms with van der Waals surface area (Å²) in [6.07, 6.45) is 4.07. The second-order valence-corrected chi connectivity index (χ2v) is 8.48. The Morgan fingerprint density at radius 3 is 2.45 bits per heavy atom. The molecule has 1 aromatic rings. The van der Waals surface area contributed by atoms with Crippen LogP contribution in [0.5, 0.6) is 11.6 Å². The lowest BCUT2D eigenvalue weighted by Crippen LogP contribution is -2.53. The van der Waals surface area contributed by atoms with Crippen LogP contribution in [0.4, 0.5) is 0 Å². The van der Waals surface area contributed by atoms with Crippen LogP contribution in [0.25, 0.3) is 0 Å². The van der Waals surface area contributed by atoms with Crippen LogP contribution < -0.4 is 14.8 Å². The minimum absolute atomic E-state index is 0.143. The van der Waals surface area contributed by atoms with Crippen LogP contribution in [0.15, 0.2) is 18.3 Å². The molecule has 1 aliphatic rings. The Hall–Kier alpha value is -1.29. The monoisotopic (exact) mass is 306 g/mol. The van der Waals surface area contributed by atoms with Crippen LogP contribution in [0, 0.1) is 5.41 Å². The van der Waals surface area contributed by atoms with Crippen molar-refractivity contribution >= 4 is 0 Å². The van der Waals surface area contributed by atoms with Crippen LogP contribution in [-0.2, 0) is 0 Å². The van der Waals surface area contributed by atoms with Gasteiger partial charge in [-0.3, -0.25) is 0 Å². The predicted molar refractivity (Wildman–Crippen MR) is 89.5 cm³/mol. The minimum atomic E-state index is 0.143. The summed E-state index contributed by atoms with van der Waals surface area (Å²) in [6.45, 7) is 13.7. The maximum absolute atomic E-state index is 5.94. The van der Waals surface area contributed by atoms with Gasteiger partial charge in [-0.25, -0.2) is 4.98 Å². The standard InChI is InChI=1S/C18H30N2O2/c1-17(2,3)12-21-14-7-8-19-16(11-14)22-15-9-13(10-15)20-18(4,5)6/h7-8,11,13,15,20H,9-10,12H2,1-6H3/t13-,15-. The van der Waals surface area contributed by atoms with Crippen molar-refractivity contribution in [1.82, 2.24) is 10.3 Å². The van der Waals surface area contributed by atoms with Crippen molar-refractivity contribution in [2.75, 3.05) is 6.61 Å². The Balaban J connectivity index is 1.80. The summed E-state index contributed by atoms with van der Waals surface area (Å²) in [6, 6.07) is 4.31. The lowest BCUT2D eigenvalue weighted by molar-refractivity contribution is 0.0690. The summed E-state index contributed by atoms with van der Waals surface area (Å²) in [4.78, 5) is 4.28. The maximum Gasteiger partial charge on any atom is 0.217 e. The van der Waals surface area contributed by atoms with E-state index in [1.54, 1.807) is 6.20 Å². The molecule has 4 heteroatoms. The Morgan fingerprint density at radius 2 is 1.86 bits per heavy atom. The van der Waals surface area contributed by atoms with Crippen molar-refractivity contribution in [3.05, 3.63) is 18.3 Å². The molecule has 124 valence electrons. The van der Waals surface area contributed by atoms with E-state index in [0.29, 0.717) is 18.5 Å². The number of aromatic nitrogens is 1. The lowest BCUT2D eigenvalue weighted by atomic mass is 9.87. The second kappa shape index (κ2) is 6.45. The first-order valence-corrected chi connectivity index (χ1v) is 8.14. The molecule has 0 bridgehead atoms. The average Bonchev–Trinajstić information content (AvgIpc) is 2.32. The molecule has 0 spiro atoms. The van der Waals surface area contributed by atoms with E-state index in [0.717, 1.165) is 18.6 Å². The zero-order valence-electron chi connectivity index (χ0n) is 14.8. The van der Waals surface area contributed by atoms with Gasteiger partial charge in [0.05, 0.1) is 6.61 Å². The molecule has 22 heavy (non-hydrogen) atoms. The average molecular weight is 306 g/mol. The molecule has 0 saturated heterocycles. The maximum atomic E-state index is 5.94. The second-order valence-electron chi connectivity index (χ2n) is 8.48. The smallest absolute Gasteiger partial charge is 0.217 e. The van der Waals surface area contributed by atoms with Gasteiger partial charge in [0.1, 0.15) is 11.9 Å². The third-order valence-electron chi connectivity index (χ3n) is 3.40. The first-order valence-electron chi connectivity index (χ1n) is 8.14. The highest BCUT2D eigenvalue weighted by atomic mass is 16.5. The number of nitrogens with zero attached hydrogens (tertiary/aromatic N) is 1. The minimum Gasteiger partial charge on any atom is -0.493 e. The van der Waals surface area contributed by atoms with Crippen LogP contribution in [0.1, 0.15) is 54.4 Å². The molecule has 0 radical (unpaired) electrons. The van der Waals surface area contributed by atoms with Gasteiger partial charge in [0, 0.05) is 23.8 Å². The van der Waals surface area contributed by atoms with Gasteiger partial charge in [-0.2, -0.15) is 0 Å². The Morgan fingerprint density at radius 1 is 1.18 bits per heavy atom. The molecule has 0 aromatic carbocycles. The van der Waals surface area contributed by atoms with Gasteiger partial charge in [-0.15, -0.1) is 0 Å². The van der Waals surface area contributed by atoms with E-state index in [9.17, 15) is 0 Å². The van der Waals surface area contributed by atoms with Crippen LogP contribution >= 0.6 is 0 Å². The highest BCUT2D eigenvalue weighted by Gasteiger charge is 2.33. The topological polar surface area (TPSA) is 43.4 Å². The van der Waals surface area contributed by atoms with E-state index in [1.165, 1.54) is 0 Å². The molecule has 1 aromatic heterocycles. The molecular formula is C18H30N2O2. The first-order chi connectivity index (χ1) is 10.1. The third-order valence-corrected chi connectivity index (χ3v) is 3.40. The lowest BCUT2D eigenvalue weighted by Gasteiger charge is -2.39. The summed E-state index contributed by atoms with van der Waals surface area (Å²) in [5, 5.41) is 3.59. The van der Waals surface area contributed by atoms with Gasteiger partial charge >= 0.3 is 0 Å². The van der Waals surface area contributed by atoms with E-state index >= 15 is 0 Å². The van der Waals surface area contributed by atoms with Crippen LogP contribution in [-0.4, -0.2) is 29.3 Å². The zero-order chi connectivity index (χ0) is 16.4. The number of rotatable bonds is 5. The van der Waals surface area contributed by atoms with Gasteiger partial charge < -0.3 is 14.8 Å². The summed E-state index contributed by atoms with van der Waals surface area (Å²) in [5.74, 6) is 1.48. The van der Waals surface area contributed by atoms with Gasteiger partial charge in [-0.1, -0.05) is 20.8 Å². The molecule has 2 rings (SSSR count). The molecule has 4 nitrogen and oxygen atoms in total. The number of ether oxygens (including phenoxy) is 2. The van der Waals surface area contributed by atoms with Crippen molar-refractivity contribution in [2.24, 2.45) is 5.41 Å². The summed E-state index contributed by atoms with van der Waals surface area (Å²) in [5.41, 5.74) is 0.304. The SMILES string of the molecule is CC(C)(C)COc1ccnc(O[C@H]2C[C@H](NC(C)(C)C)C2)c1. The van der Waals surface area contributed by atoms with Crippen LogP contribution in [0.2, 0.25) is 0 Å². The first kappa shape index (κ1) is 17.1.